The monoisotopic (exact) mass is 181 g/mol. The first-order chi connectivity index (χ1) is 6.09. The topological polar surface area (TPSA) is 26.0 Å². The predicted octanol–water partition coefficient (Wildman–Crippen LogP) is 3.39. The number of hydrogen-bond donors (Lipinski definition) is 0. The SMILES string of the molecule is CC(C)CCc1nc(C(C)C)co1. The van der Waals surface area contributed by atoms with E-state index < -0.39 is 0 Å². The van der Waals surface area contributed by atoms with Crippen LogP contribution < -0.4 is 0 Å². The van der Waals surface area contributed by atoms with Crippen molar-refractivity contribution in [3.8, 4) is 0 Å². The number of hydrogen-bond acceptors (Lipinski definition) is 2. The van der Waals surface area contributed by atoms with Gasteiger partial charge in [-0.1, -0.05) is 27.7 Å². The molecule has 0 radical (unpaired) electrons. The Balaban J connectivity index is 2.49. The summed E-state index contributed by atoms with van der Waals surface area (Å²) in [5.41, 5.74) is 1.07. The molecule has 0 spiro atoms. The molecule has 1 heterocycles. The second-order valence-corrected chi connectivity index (χ2v) is 4.25. The van der Waals surface area contributed by atoms with Gasteiger partial charge in [0.2, 0.25) is 0 Å². The second-order valence-electron chi connectivity index (χ2n) is 4.25. The zero-order chi connectivity index (χ0) is 9.84. The van der Waals surface area contributed by atoms with Gasteiger partial charge in [0.25, 0.3) is 0 Å². The van der Waals surface area contributed by atoms with E-state index in [1.54, 1.807) is 6.26 Å². The second kappa shape index (κ2) is 4.45. The van der Waals surface area contributed by atoms with E-state index in [0.29, 0.717) is 5.92 Å². The van der Waals surface area contributed by atoms with Crippen molar-refractivity contribution in [2.75, 3.05) is 0 Å². The maximum absolute atomic E-state index is 5.37. The lowest BCUT2D eigenvalue weighted by atomic mass is 10.1. The summed E-state index contributed by atoms with van der Waals surface area (Å²) in [6.07, 6.45) is 3.89. The van der Waals surface area contributed by atoms with Crippen LogP contribution in [0.3, 0.4) is 0 Å². The summed E-state index contributed by atoms with van der Waals surface area (Å²) in [5, 5.41) is 0. The number of aromatic nitrogens is 1. The molecule has 0 bridgehead atoms. The van der Waals surface area contributed by atoms with Crippen molar-refractivity contribution in [3.05, 3.63) is 17.8 Å². The molecule has 1 aromatic rings. The minimum atomic E-state index is 0.469. The Morgan fingerprint density at radius 2 is 2.00 bits per heavy atom. The highest BCUT2D eigenvalue weighted by Gasteiger charge is 2.07. The van der Waals surface area contributed by atoms with Crippen LogP contribution in [0.1, 0.15) is 51.6 Å². The van der Waals surface area contributed by atoms with Gasteiger partial charge in [0.1, 0.15) is 6.26 Å². The lowest BCUT2D eigenvalue weighted by Gasteiger charge is -1.99. The largest absolute Gasteiger partial charge is 0.449 e. The Morgan fingerprint density at radius 1 is 1.31 bits per heavy atom. The van der Waals surface area contributed by atoms with Crippen LogP contribution in [0.25, 0.3) is 0 Å². The number of rotatable bonds is 4. The predicted molar refractivity (Wildman–Crippen MR) is 53.8 cm³/mol. The summed E-state index contributed by atoms with van der Waals surface area (Å²) in [4.78, 5) is 4.42. The van der Waals surface area contributed by atoms with Crippen LogP contribution >= 0.6 is 0 Å². The quantitative estimate of drug-likeness (QED) is 0.711. The molecule has 0 aliphatic heterocycles. The molecule has 1 rings (SSSR count). The van der Waals surface area contributed by atoms with E-state index in [4.69, 9.17) is 4.42 Å². The van der Waals surface area contributed by atoms with E-state index in [-0.39, 0.29) is 0 Å². The fourth-order valence-electron chi connectivity index (χ4n) is 1.12. The van der Waals surface area contributed by atoms with Crippen molar-refractivity contribution < 1.29 is 4.42 Å². The molecule has 0 fully saturated rings. The molecular weight excluding hydrogens is 162 g/mol. The van der Waals surface area contributed by atoms with Crippen LogP contribution in [0.5, 0.6) is 0 Å². The Bertz CT molecular complexity index is 250. The average Bonchev–Trinajstić information content (AvgIpc) is 2.48. The van der Waals surface area contributed by atoms with E-state index >= 15 is 0 Å². The molecule has 0 N–H and O–H groups in total. The van der Waals surface area contributed by atoms with E-state index in [0.717, 1.165) is 30.3 Å². The van der Waals surface area contributed by atoms with Crippen LogP contribution in [0.4, 0.5) is 0 Å². The lowest BCUT2D eigenvalue weighted by molar-refractivity contribution is 0.461. The van der Waals surface area contributed by atoms with Crippen molar-refractivity contribution in [1.29, 1.82) is 0 Å². The van der Waals surface area contributed by atoms with Crippen LogP contribution in [0.15, 0.2) is 10.7 Å². The van der Waals surface area contributed by atoms with Gasteiger partial charge >= 0.3 is 0 Å². The molecule has 0 atom stereocenters. The molecule has 0 saturated carbocycles. The summed E-state index contributed by atoms with van der Waals surface area (Å²) < 4.78 is 5.37. The van der Waals surface area contributed by atoms with Crippen molar-refractivity contribution >= 4 is 0 Å². The number of oxazole rings is 1. The van der Waals surface area contributed by atoms with Gasteiger partial charge in [0.15, 0.2) is 5.89 Å². The Hall–Kier alpha value is -0.790. The van der Waals surface area contributed by atoms with Gasteiger partial charge < -0.3 is 4.42 Å². The van der Waals surface area contributed by atoms with Crippen molar-refractivity contribution in [2.45, 2.75) is 46.5 Å². The number of nitrogens with zero attached hydrogens (tertiary/aromatic N) is 1. The molecule has 0 aromatic carbocycles. The smallest absolute Gasteiger partial charge is 0.194 e. The highest BCUT2D eigenvalue weighted by Crippen LogP contribution is 2.15. The zero-order valence-electron chi connectivity index (χ0n) is 9.00. The maximum Gasteiger partial charge on any atom is 0.194 e. The van der Waals surface area contributed by atoms with E-state index in [9.17, 15) is 0 Å². The first-order valence-electron chi connectivity index (χ1n) is 5.04. The fraction of sp³-hybridized carbons (Fsp3) is 0.727. The summed E-state index contributed by atoms with van der Waals surface area (Å²) in [6, 6.07) is 0. The average molecular weight is 181 g/mol. The summed E-state index contributed by atoms with van der Waals surface area (Å²) in [5.74, 6) is 2.07. The zero-order valence-corrected chi connectivity index (χ0v) is 9.00. The Labute approximate surface area is 80.4 Å². The lowest BCUT2D eigenvalue weighted by Crippen LogP contribution is -1.93. The van der Waals surface area contributed by atoms with Crippen LogP contribution in [0.2, 0.25) is 0 Å². The number of aryl methyl sites for hydroxylation is 1. The van der Waals surface area contributed by atoms with Gasteiger partial charge in [-0.15, -0.1) is 0 Å². The van der Waals surface area contributed by atoms with Crippen molar-refractivity contribution in [2.24, 2.45) is 5.92 Å². The molecule has 74 valence electrons. The molecule has 0 aliphatic carbocycles. The summed E-state index contributed by atoms with van der Waals surface area (Å²) >= 11 is 0. The van der Waals surface area contributed by atoms with Gasteiger partial charge in [-0.2, -0.15) is 0 Å². The van der Waals surface area contributed by atoms with E-state index in [2.05, 4.69) is 32.7 Å². The third-order valence-electron chi connectivity index (χ3n) is 2.10. The van der Waals surface area contributed by atoms with E-state index in [1.165, 1.54) is 0 Å². The van der Waals surface area contributed by atoms with E-state index in [1.807, 2.05) is 0 Å². The van der Waals surface area contributed by atoms with Gasteiger partial charge in [0.05, 0.1) is 5.69 Å². The molecule has 1 aromatic heterocycles. The molecule has 0 amide bonds. The summed E-state index contributed by atoms with van der Waals surface area (Å²) in [7, 11) is 0. The molecule has 0 aliphatic rings. The van der Waals surface area contributed by atoms with Crippen molar-refractivity contribution in [3.63, 3.8) is 0 Å². The normalized spacial score (nSPS) is 11.5. The molecule has 0 saturated heterocycles. The molecule has 0 unspecified atom stereocenters. The van der Waals surface area contributed by atoms with Crippen LogP contribution in [0, 0.1) is 5.92 Å². The molecule has 2 nitrogen and oxygen atoms in total. The third-order valence-corrected chi connectivity index (χ3v) is 2.10. The maximum atomic E-state index is 5.37. The first kappa shape index (κ1) is 10.3. The van der Waals surface area contributed by atoms with Crippen molar-refractivity contribution in [1.82, 2.24) is 4.98 Å². The fourth-order valence-corrected chi connectivity index (χ4v) is 1.12. The van der Waals surface area contributed by atoms with Gasteiger partial charge in [-0.05, 0) is 18.3 Å². The standard InChI is InChI=1S/C11H19NO/c1-8(2)5-6-11-12-10(7-13-11)9(3)4/h7-9H,5-6H2,1-4H3. The minimum Gasteiger partial charge on any atom is -0.449 e. The molecule has 2 heteroatoms. The Kier molecular flexibility index (Phi) is 3.52. The van der Waals surface area contributed by atoms with Gasteiger partial charge in [-0.3, -0.25) is 0 Å². The first-order valence-corrected chi connectivity index (χ1v) is 5.04. The Morgan fingerprint density at radius 3 is 2.46 bits per heavy atom. The van der Waals surface area contributed by atoms with Crippen LogP contribution in [-0.4, -0.2) is 4.98 Å². The van der Waals surface area contributed by atoms with Gasteiger partial charge in [-0.25, -0.2) is 4.98 Å². The minimum absolute atomic E-state index is 0.469. The molecule has 13 heavy (non-hydrogen) atoms. The van der Waals surface area contributed by atoms with Gasteiger partial charge in [0, 0.05) is 6.42 Å². The highest BCUT2D eigenvalue weighted by atomic mass is 16.3. The molecular formula is C11H19NO. The highest BCUT2D eigenvalue weighted by molar-refractivity contribution is 5.01. The summed E-state index contributed by atoms with van der Waals surface area (Å²) in [6.45, 7) is 8.69. The van der Waals surface area contributed by atoms with Crippen LogP contribution in [-0.2, 0) is 6.42 Å². The third kappa shape index (κ3) is 3.21.